The second-order valence-electron chi connectivity index (χ2n) is 8.33. The number of carbonyl (C=O) groups excluding carboxylic acids is 1. The number of ether oxygens (including phenoxy) is 2. The topological polar surface area (TPSA) is 72.7 Å². The zero-order valence-electron chi connectivity index (χ0n) is 19.7. The van der Waals surface area contributed by atoms with Gasteiger partial charge in [-0.2, -0.15) is 10.1 Å². The summed E-state index contributed by atoms with van der Waals surface area (Å²) in [6.45, 7) is 6.82. The summed E-state index contributed by atoms with van der Waals surface area (Å²) in [5.74, 6) is 1.16. The maximum absolute atomic E-state index is 13.1. The Morgan fingerprint density at radius 2 is 1.65 bits per heavy atom. The molecule has 0 saturated carbocycles. The molecule has 34 heavy (non-hydrogen) atoms. The minimum Gasteiger partial charge on any atom is -0.493 e. The number of piperazine rings is 1. The van der Waals surface area contributed by atoms with Crippen molar-refractivity contribution < 1.29 is 14.3 Å². The normalized spacial score (nSPS) is 14.0. The average molecular weight is 478 g/mol. The predicted octanol–water partition coefficient (Wildman–Crippen LogP) is 4.08. The SMILES string of the molecule is COc1ccc(C(=O)N2CCN(c3nc4c(s3)c(C)nn4-c3ccc(C)cc3)CC2)cc1OC. The molecule has 9 heteroatoms. The van der Waals surface area contributed by atoms with E-state index >= 15 is 0 Å². The molecule has 1 amide bonds. The number of amides is 1. The lowest BCUT2D eigenvalue weighted by atomic mass is 10.1. The number of aryl methyl sites for hydroxylation is 2. The number of methoxy groups -OCH3 is 2. The first-order valence-corrected chi connectivity index (χ1v) is 12.0. The van der Waals surface area contributed by atoms with Gasteiger partial charge in [-0.15, -0.1) is 0 Å². The van der Waals surface area contributed by atoms with Gasteiger partial charge in [-0.1, -0.05) is 29.0 Å². The number of rotatable bonds is 5. The van der Waals surface area contributed by atoms with Crippen molar-refractivity contribution in [2.24, 2.45) is 0 Å². The van der Waals surface area contributed by atoms with Crippen LogP contribution in [0.15, 0.2) is 42.5 Å². The standard InChI is InChI=1S/C25H27N5O3S/c1-16-5-8-19(9-6-16)30-23-22(17(2)27-30)34-25(26-23)29-13-11-28(12-14-29)24(31)18-7-10-20(32-3)21(15-18)33-4/h5-10,15H,11-14H2,1-4H3. The van der Waals surface area contributed by atoms with E-state index in [0.29, 0.717) is 30.2 Å². The zero-order valence-corrected chi connectivity index (χ0v) is 20.6. The van der Waals surface area contributed by atoms with Crippen LogP contribution in [0.5, 0.6) is 11.5 Å². The van der Waals surface area contributed by atoms with Crippen LogP contribution in [0.2, 0.25) is 0 Å². The summed E-state index contributed by atoms with van der Waals surface area (Å²) in [4.78, 5) is 22.1. The average Bonchev–Trinajstić information content (AvgIpc) is 3.44. The van der Waals surface area contributed by atoms with Gasteiger partial charge in [-0.25, -0.2) is 4.68 Å². The van der Waals surface area contributed by atoms with Gasteiger partial charge in [0, 0.05) is 31.7 Å². The Hall–Kier alpha value is -3.59. The Kier molecular flexibility index (Phi) is 5.87. The molecule has 176 valence electrons. The summed E-state index contributed by atoms with van der Waals surface area (Å²) in [7, 11) is 3.16. The maximum atomic E-state index is 13.1. The molecule has 5 rings (SSSR count). The van der Waals surface area contributed by atoms with Gasteiger partial charge < -0.3 is 19.3 Å². The third kappa shape index (κ3) is 3.96. The molecule has 0 bridgehead atoms. The van der Waals surface area contributed by atoms with Crippen LogP contribution in [0.1, 0.15) is 21.6 Å². The highest BCUT2D eigenvalue weighted by molar-refractivity contribution is 7.22. The maximum Gasteiger partial charge on any atom is 0.254 e. The van der Waals surface area contributed by atoms with Crippen molar-refractivity contribution in [3.05, 3.63) is 59.3 Å². The first-order valence-electron chi connectivity index (χ1n) is 11.2. The van der Waals surface area contributed by atoms with Gasteiger partial charge in [0.05, 0.1) is 30.3 Å². The number of hydrogen-bond acceptors (Lipinski definition) is 7. The molecular weight excluding hydrogens is 450 g/mol. The van der Waals surface area contributed by atoms with E-state index in [-0.39, 0.29) is 5.91 Å². The van der Waals surface area contributed by atoms with Crippen LogP contribution in [0.3, 0.4) is 0 Å². The zero-order chi connectivity index (χ0) is 23.8. The number of thiazole rings is 1. The Morgan fingerprint density at radius 1 is 0.941 bits per heavy atom. The lowest BCUT2D eigenvalue weighted by Crippen LogP contribution is -2.48. The number of benzene rings is 2. The number of fused-ring (bicyclic) bond motifs is 1. The van der Waals surface area contributed by atoms with Gasteiger partial charge in [0.15, 0.2) is 22.3 Å². The quantitative estimate of drug-likeness (QED) is 0.431. The Balaban J connectivity index is 1.32. The number of aromatic nitrogens is 3. The van der Waals surface area contributed by atoms with Crippen LogP contribution < -0.4 is 14.4 Å². The van der Waals surface area contributed by atoms with E-state index < -0.39 is 0 Å². The van der Waals surface area contributed by atoms with Gasteiger partial charge in [-0.3, -0.25) is 4.79 Å². The first kappa shape index (κ1) is 22.2. The highest BCUT2D eigenvalue weighted by Crippen LogP contribution is 2.33. The van der Waals surface area contributed by atoms with Gasteiger partial charge in [0.1, 0.15) is 0 Å². The fourth-order valence-corrected chi connectivity index (χ4v) is 5.22. The molecule has 1 aliphatic rings. The molecule has 1 saturated heterocycles. The lowest BCUT2D eigenvalue weighted by Gasteiger charge is -2.34. The molecule has 2 aromatic heterocycles. The van der Waals surface area contributed by atoms with Crippen LogP contribution in [0, 0.1) is 13.8 Å². The highest BCUT2D eigenvalue weighted by atomic mass is 32.1. The highest BCUT2D eigenvalue weighted by Gasteiger charge is 2.26. The monoisotopic (exact) mass is 477 g/mol. The van der Waals surface area contributed by atoms with E-state index in [1.54, 1.807) is 43.8 Å². The number of anilines is 1. The predicted molar refractivity (Wildman–Crippen MR) is 134 cm³/mol. The van der Waals surface area contributed by atoms with Crippen molar-refractivity contribution in [2.45, 2.75) is 13.8 Å². The Morgan fingerprint density at radius 3 is 2.32 bits per heavy atom. The van der Waals surface area contributed by atoms with E-state index in [4.69, 9.17) is 19.6 Å². The number of hydrogen-bond donors (Lipinski definition) is 0. The van der Waals surface area contributed by atoms with Gasteiger partial charge in [0.2, 0.25) is 0 Å². The molecule has 2 aromatic carbocycles. The molecule has 0 radical (unpaired) electrons. The van der Waals surface area contributed by atoms with E-state index in [1.807, 2.05) is 16.5 Å². The molecular formula is C25H27N5O3S. The smallest absolute Gasteiger partial charge is 0.254 e. The molecule has 0 aliphatic carbocycles. The molecule has 0 unspecified atom stereocenters. The minimum absolute atomic E-state index is 0.00393. The van der Waals surface area contributed by atoms with Crippen molar-refractivity contribution in [1.82, 2.24) is 19.7 Å². The van der Waals surface area contributed by atoms with Crippen molar-refractivity contribution >= 4 is 32.7 Å². The summed E-state index contributed by atoms with van der Waals surface area (Å²) in [6.07, 6.45) is 0. The molecule has 0 atom stereocenters. The third-order valence-corrected chi connectivity index (χ3v) is 7.34. The Labute approximate surface area is 202 Å². The van der Waals surface area contributed by atoms with Crippen LogP contribution in [-0.4, -0.2) is 66.0 Å². The molecule has 8 nitrogen and oxygen atoms in total. The van der Waals surface area contributed by atoms with E-state index in [2.05, 4.69) is 36.1 Å². The molecule has 0 N–H and O–H groups in total. The number of carbonyl (C=O) groups is 1. The molecule has 0 spiro atoms. The molecule has 1 aliphatic heterocycles. The summed E-state index contributed by atoms with van der Waals surface area (Å²) in [5, 5.41) is 5.67. The van der Waals surface area contributed by atoms with Crippen LogP contribution in [0.4, 0.5) is 5.13 Å². The summed E-state index contributed by atoms with van der Waals surface area (Å²) in [6, 6.07) is 13.6. The summed E-state index contributed by atoms with van der Waals surface area (Å²) >= 11 is 1.66. The van der Waals surface area contributed by atoms with E-state index in [0.717, 1.165) is 39.9 Å². The van der Waals surface area contributed by atoms with E-state index in [1.165, 1.54) is 5.56 Å². The van der Waals surface area contributed by atoms with Crippen molar-refractivity contribution in [1.29, 1.82) is 0 Å². The molecule has 1 fully saturated rings. The van der Waals surface area contributed by atoms with Crippen LogP contribution >= 0.6 is 11.3 Å². The van der Waals surface area contributed by atoms with Crippen molar-refractivity contribution in [2.75, 3.05) is 45.3 Å². The van der Waals surface area contributed by atoms with Crippen molar-refractivity contribution in [3.63, 3.8) is 0 Å². The van der Waals surface area contributed by atoms with Gasteiger partial charge in [-0.05, 0) is 44.2 Å². The third-order valence-electron chi connectivity index (χ3n) is 6.12. The van der Waals surface area contributed by atoms with E-state index in [9.17, 15) is 4.79 Å². The first-order chi connectivity index (χ1) is 16.5. The molecule has 4 aromatic rings. The summed E-state index contributed by atoms with van der Waals surface area (Å²) in [5.41, 5.74) is 4.67. The minimum atomic E-state index is -0.00393. The second kappa shape index (κ2) is 8.98. The molecule has 3 heterocycles. The Bertz CT molecular complexity index is 1340. The van der Waals surface area contributed by atoms with Crippen LogP contribution in [-0.2, 0) is 0 Å². The lowest BCUT2D eigenvalue weighted by molar-refractivity contribution is 0.0746. The summed E-state index contributed by atoms with van der Waals surface area (Å²) < 4.78 is 13.6. The largest absolute Gasteiger partial charge is 0.493 e. The van der Waals surface area contributed by atoms with Crippen LogP contribution in [0.25, 0.3) is 16.0 Å². The van der Waals surface area contributed by atoms with Gasteiger partial charge in [0.25, 0.3) is 5.91 Å². The van der Waals surface area contributed by atoms with Gasteiger partial charge >= 0.3 is 0 Å². The van der Waals surface area contributed by atoms with Crippen molar-refractivity contribution in [3.8, 4) is 17.2 Å². The fourth-order valence-electron chi connectivity index (χ4n) is 4.18. The fraction of sp³-hybridized carbons (Fsp3) is 0.320. The second-order valence-corrected chi connectivity index (χ2v) is 9.31. The number of nitrogens with zero attached hydrogens (tertiary/aromatic N) is 5.